The van der Waals surface area contributed by atoms with E-state index in [-0.39, 0.29) is 0 Å². The molecule has 0 saturated carbocycles. The van der Waals surface area contributed by atoms with Crippen molar-refractivity contribution in [3.05, 3.63) is 12.7 Å². The van der Waals surface area contributed by atoms with Crippen molar-refractivity contribution in [3.8, 4) is 0 Å². The van der Waals surface area contributed by atoms with E-state index in [9.17, 15) is 0 Å². The minimum atomic E-state index is -0.932. The zero-order chi connectivity index (χ0) is 10.2. The van der Waals surface area contributed by atoms with Crippen molar-refractivity contribution in [3.63, 3.8) is 0 Å². The van der Waals surface area contributed by atoms with Gasteiger partial charge in [0, 0.05) is 6.61 Å². The lowest BCUT2D eigenvalue weighted by Crippen LogP contribution is -2.16. The second-order valence-corrected chi connectivity index (χ2v) is 7.73. The maximum absolute atomic E-state index is 5.56. The Kier molecular flexibility index (Phi) is 6.37. The van der Waals surface area contributed by atoms with Crippen LogP contribution in [0.3, 0.4) is 0 Å². The molecule has 14 heavy (non-hydrogen) atoms. The summed E-state index contributed by atoms with van der Waals surface area (Å²) < 4.78 is 16.1. The van der Waals surface area contributed by atoms with Gasteiger partial charge >= 0.3 is 0 Å². The van der Waals surface area contributed by atoms with E-state index in [0.29, 0.717) is 6.10 Å². The third-order valence-electron chi connectivity index (χ3n) is 2.28. The van der Waals surface area contributed by atoms with Crippen molar-refractivity contribution >= 4 is 19.5 Å². The first-order valence-electron chi connectivity index (χ1n) is 5.20. The van der Waals surface area contributed by atoms with Crippen molar-refractivity contribution in [1.29, 1.82) is 0 Å². The SMILES string of the molecule is C=CC[SiH](CCCOCC1CO1)O[SiH3]. The van der Waals surface area contributed by atoms with Gasteiger partial charge in [-0.25, -0.2) is 0 Å². The summed E-state index contributed by atoms with van der Waals surface area (Å²) in [7, 11) is -0.0662. The van der Waals surface area contributed by atoms with Crippen LogP contribution in [-0.4, -0.2) is 45.5 Å². The summed E-state index contributed by atoms with van der Waals surface area (Å²) in [5.74, 6) is 0. The molecule has 0 aromatic carbocycles. The Morgan fingerprint density at radius 2 is 2.43 bits per heavy atom. The van der Waals surface area contributed by atoms with Crippen LogP contribution >= 0.6 is 0 Å². The first-order valence-corrected chi connectivity index (χ1v) is 8.12. The zero-order valence-electron chi connectivity index (χ0n) is 8.91. The van der Waals surface area contributed by atoms with Crippen LogP contribution in [0.15, 0.2) is 12.7 Å². The Bertz CT molecular complexity index is 162. The van der Waals surface area contributed by atoms with Crippen LogP contribution in [0.5, 0.6) is 0 Å². The van der Waals surface area contributed by atoms with E-state index in [1.165, 1.54) is 6.04 Å². The van der Waals surface area contributed by atoms with E-state index in [4.69, 9.17) is 13.6 Å². The van der Waals surface area contributed by atoms with Crippen LogP contribution in [0.2, 0.25) is 12.1 Å². The highest BCUT2D eigenvalue weighted by atomic mass is 28.3. The molecule has 0 spiro atoms. The van der Waals surface area contributed by atoms with Gasteiger partial charge in [-0.2, -0.15) is 0 Å². The first kappa shape index (κ1) is 12.1. The fourth-order valence-corrected chi connectivity index (χ4v) is 4.25. The molecule has 3 nitrogen and oxygen atoms in total. The molecule has 0 bridgehead atoms. The van der Waals surface area contributed by atoms with Crippen LogP contribution in [0, 0.1) is 0 Å². The van der Waals surface area contributed by atoms with Crippen molar-refractivity contribution in [2.75, 3.05) is 19.8 Å². The molecule has 2 unspecified atom stereocenters. The first-order chi connectivity index (χ1) is 6.86. The van der Waals surface area contributed by atoms with Gasteiger partial charge in [-0.3, -0.25) is 0 Å². The highest BCUT2D eigenvalue weighted by Crippen LogP contribution is 2.09. The largest absolute Gasteiger partial charge is 0.465 e. The quantitative estimate of drug-likeness (QED) is 0.243. The Morgan fingerprint density at radius 1 is 1.64 bits per heavy atom. The van der Waals surface area contributed by atoms with E-state index in [1.807, 2.05) is 6.08 Å². The monoisotopic (exact) mass is 232 g/mol. The van der Waals surface area contributed by atoms with E-state index in [1.54, 1.807) is 0 Å². The highest BCUT2D eigenvalue weighted by Gasteiger charge is 2.22. The number of ether oxygens (including phenoxy) is 2. The van der Waals surface area contributed by atoms with Gasteiger partial charge < -0.3 is 13.6 Å². The van der Waals surface area contributed by atoms with Gasteiger partial charge in [0.1, 0.15) is 16.6 Å². The smallest absolute Gasteiger partial charge is 0.166 e. The van der Waals surface area contributed by atoms with Crippen LogP contribution in [-0.2, 0) is 13.6 Å². The number of allylic oxidation sites excluding steroid dienone is 1. The lowest BCUT2D eigenvalue weighted by atomic mass is 10.5. The van der Waals surface area contributed by atoms with Gasteiger partial charge in [-0.05, 0) is 18.5 Å². The molecule has 1 saturated heterocycles. The zero-order valence-corrected chi connectivity index (χ0v) is 12.1. The van der Waals surface area contributed by atoms with Crippen molar-refractivity contribution in [2.24, 2.45) is 0 Å². The molecule has 1 aliphatic rings. The molecular formula is C9H20O3Si2. The molecule has 0 aromatic rings. The number of hydrogen-bond donors (Lipinski definition) is 0. The molecule has 0 aliphatic carbocycles. The average Bonchev–Trinajstić information content (AvgIpc) is 2.99. The van der Waals surface area contributed by atoms with Crippen LogP contribution < -0.4 is 0 Å². The minimum Gasteiger partial charge on any atom is -0.465 e. The summed E-state index contributed by atoms with van der Waals surface area (Å²) in [5.41, 5.74) is 0. The van der Waals surface area contributed by atoms with Crippen molar-refractivity contribution < 1.29 is 13.6 Å². The summed E-state index contributed by atoms with van der Waals surface area (Å²) in [6.07, 6.45) is 3.50. The molecule has 0 amide bonds. The molecular weight excluding hydrogens is 212 g/mol. The molecule has 0 aromatic heterocycles. The number of epoxide rings is 1. The van der Waals surface area contributed by atoms with Gasteiger partial charge in [-0.15, -0.1) is 6.58 Å². The molecule has 0 radical (unpaired) electrons. The van der Waals surface area contributed by atoms with Gasteiger partial charge in [0.2, 0.25) is 0 Å². The van der Waals surface area contributed by atoms with E-state index in [2.05, 4.69) is 6.58 Å². The van der Waals surface area contributed by atoms with Gasteiger partial charge in [-0.1, -0.05) is 6.08 Å². The summed E-state index contributed by atoms with van der Waals surface area (Å²) in [6.45, 7) is 6.26. The average molecular weight is 232 g/mol. The Morgan fingerprint density at radius 3 is 3.00 bits per heavy atom. The molecule has 2 atom stereocenters. The molecule has 0 N–H and O–H groups in total. The minimum absolute atomic E-state index is 0.394. The lowest BCUT2D eigenvalue weighted by Gasteiger charge is -2.11. The maximum Gasteiger partial charge on any atom is 0.166 e. The fraction of sp³-hybridized carbons (Fsp3) is 0.778. The molecule has 1 rings (SSSR count). The third kappa shape index (κ3) is 5.71. The van der Waals surface area contributed by atoms with Crippen molar-refractivity contribution in [2.45, 2.75) is 24.6 Å². The third-order valence-corrected chi connectivity index (χ3v) is 6.86. The molecule has 1 fully saturated rings. The highest BCUT2D eigenvalue weighted by molar-refractivity contribution is 6.56. The van der Waals surface area contributed by atoms with E-state index in [0.717, 1.165) is 42.8 Å². The van der Waals surface area contributed by atoms with Gasteiger partial charge in [0.05, 0.1) is 13.2 Å². The molecule has 1 aliphatic heterocycles. The van der Waals surface area contributed by atoms with Crippen LogP contribution in [0.25, 0.3) is 0 Å². The fourth-order valence-electron chi connectivity index (χ4n) is 1.31. The summed E-state index contributed by atoms with van der Waals surface area (Å²) in [4.78, 5) is 0. The molecule has 82 valence electrons. The Hall–Kier alpha value is 0.0538. The van der Waals surface area contributed by atoms with Crippen LogP contribution in [0.1, 0.15) is 6.42 Å². The van der Waals surface area contributed by atoms with E-state index >= 15 is 0 Å². The molecule has 5 heteroatoms. The Balaban J connectivity index is 1.86. The van der Waals surface area contributed by atoms with E-state index < -0.39 is 9.04 Å². The number of hydrogen-bond acceptors (Lipinski definition) is 3. The predicted molar refractivity (Wildman–Crippen MR) is 63.2 cm³/mol. The van der Waals surface area contributed by atoms with Gasteiger partial charge in [0.15, 0.2) is 9.04 Å². The standard InChI is InChI=1S/C9H20O3Si2/c1-2-5-14(12-13)6-3-4-10-7-9-8-11-9/h2,9,14H,1,3-8H2,13H3. The topological polar surface area (TPSA) is 31.0 Å². The Labute approximate surface area is 90.7 Å². The number of rotatable bonds is 9. The molecule has 1 heterocycles. The second kappa shape index (κ2) is 7.36. The lowest BCUT2D eigenvalue weighted by molar-refractivity contribution is 0.117. The summed E-state index contributed by atoms with van der Waals surface area (Å²) in [5, 5.41) is 0. The summed E-state index contributed by atoms with van der Waals surface area (Å²) >= 11 is 0. The van der Waals surface area contributed by atoms with Crippen LogP contribution in [0.4, 0.5) is 0 Å². The maximum atomic E-state index is 5.56. The van der Waals surface area contributed by atoms with Crippen molar-refractivity contribution in [1.82, 2.24) is 0 Å². The normalized spacial score (nSPS) is 22.1. The second-order valence-electron chi connectivity index (χ2n) is 3.55. The summed E-state index contributed by atoms with van der Waals surface area (Å²) in [6, 6.07) is 2.30. The predicted octanol–water partition coefficient (Wildman–Crippen LogP) is -0.00130. The van der Waals surface area contributed by atoms with Gasteiger partial charge in [0.25, 0.3) is 0 Å².